The molecule has 6 heteroatoms. The van der Waals surface area contributed by atoms with E-state index >= 15 is 0 Å². The Morgan fingerprint density at radius 3 is 2.22 bits per heavy atom. The van der Waals surface area contributed by atoms with E-state index in [-0.39, 0.29) is 12.3 Å². The molecule has 2 aromatic carbocycles. The van der Waals surface area contributed by atoms with E-state index in [0.717, 1.165) is 36.2 Å². The lowest BCUT2D eigenvalue weighted by molar-refractivity contribution is -0.137. The van der Waals surface area contributed by atoms with E-state index in [1.807, 2.05) is 0 Å². The topological polar surface area (TPSA) is 41.1 Å². The van der Waals surface area contributed by atoms with E-state index in [4.69, 9.17) is 0 Å². The number of carbonyl (C=O) groups excluding carboxylic acids is 1. The summed E-state index contributed by atoms with van der Waals surface area (Å²) in [5.41, 5.74) is 1.57. The largest absolute Gasteiger partial charge is 0.416 e. The Bertz CT molecular complexity index is 842. The Labute approximate surface area is 156 Å². The van der Waals surface area contributed by atoms with Crippen molar-refractivity contribution in [2.24, 2.45) is 5.92 Å². The lowest BCUT2D eigenvalue weighted by Crippen LogP contribution is -2.10. The van der Waals surface area contributed by atoms with Gasteiger partial charge < -0.3 is 10.6 Å². The minimum atomic E-state index is -4.32. The molecule has 1 aliphatic carbocycles. The van der Waals surface area contributed by atoms with Crippen LogP contribution in [-0.4, -0.2) is 5.91 Å². The highest BCUT2D eigenvalue weighted by molar-refractivity contribution is 5.92. The number of nitrogens with one attached hydrogen (secondary N) is 2. The summed E-state index contributed by atoms with van der Waals surface area (Å²) in [6, 6.07) is 12.2. The predicted molar refractivity (Wildman–Crippen MR) is 99.0 cm³/mol. The zero-order chi connectivity index (χ0) is 19.3. The van der Waals surface area contributed by atoms with Crippen LogP contribution in [0.5, 0.6) is 0 Å². The van der Waals surface area contributed by atoms with Crippen LogP contribution in [0.15, 0.2) is 48.5 Å². The van der Waals surface area contributed by atoms with Gasteiger partial charge >= 0.3 is 6.18 Å². The first-order chi connectivity index (χ1) is 12.9. The van der Waals surface area contributed by atoms with Crippen LogP contribution in [-0.2, 0) is 17.5 Å². The van der Waals surface area contributed by atoms with Gasteiger partial charge in [0.2, 0.25) is 5.91 Å². The molecule has 2 N–H and O–H groups in total. The maximum atomic E-state index is 12.6. The molecular weight excluding hydrogens is 353 g/mol. The molecule has 27 heavy (non-hydrogen) atoms. The van der Waals surface area contributed by atoms with Crippen LogP contribution in [0.2, 0.25) is 0 Å². The number of hydrogen-bond acceptors (Lipinski definition) is 2. The van der Waals surface area contributed by atoms with Gasteiger partial charge in [-0.05, 0) is 54.8 Å². The smallest absolute Gasteiger partial charge is 0.381 e. The predicted octanol–water partition coefficient (Wildman–Crippen LogP) is 5.06. The molecule has 3 nitrogen and oxygen atoms in total. The average molecular weight is 372 g/mol. The Hall–Kier alpha value is -2.94. The first-order valence-corrected chi connectivity index (χ1v) is 8.68. The molecule has 1 amide bonds. The Morgan fingerprint density at radius 2 is 1.63 bits per heavy atom. The zero-order valence-corrected chi connectivity index (χ0v) is 14.6. The molecule has 1 saturated carbocycles. The van der Waals surface area contributed by atoms with Crippen molar-refractivity contribution in [3.63, 3.8) is 0 Å². The first kappa shape index (κ1) is 18.8. The van der Waals surface area contributed by atoms with Crippen molar-refractivity contribution >= 4 is 17.3 Å². The molecule has 0 saturated heterocycles. The van der Waals surface area contributed by atoms with E-state index in [1.54, 1.807) is 24.3 Å². The van der Waals surface area contributed by atoms with Crippen molar-refractivity contribution in [3.05, 3.63) is 59.7 Å². The first-order valence-electron chi connectivity index (χ1n) is 8.68. The molecule has 0 aliphatic heterocycles. The number of benzene rings is 2. The van der Waals surface area contributed by atoms with Crippen molar-refractivity contribution in [1.82, 2.24) is 0 Å². The summed E-state index contributed by atoms with van der Waals surface area (Å²) in [5, 5.41) is 5.92. The number of hydrogen-bond donors (Lipinski definition) is 2. The van der Waals surface area contributed by atoms with Gasteiger partial charge in [0.05, 0.1) is 12.0 Å². The van der Waals surface area contributed by atoms with Gasteiger partial charge in [-0.15, -0.1) is 0 Å². The quantitative estimate of drug-likeness (QED) is 0.721. The molecule has 140 valence electrons. The number of rotatable bonds is 5. The molecular formula is C21H19F3N2O. The lowest BCUT2D eigenvalue weighted by atomic mass is 10.1. The van der Waals surface area contributed by atoms with Crippen LogP contribution in [0.4, 0.5) is 24.5 Å². The second-order valence-corrected chi connectivity index (χ2v) is 6.45. The van der Waals surface area contributed by atoms with E-state index in [2.05, 4.69) is 22.5 Å². The highest BCUT2D eigenvalue weighted by atomic mass is 19.4. The summed E-state index contributed by atoms with van der Waals surface area (Å²) in [4.78, 5) is 11.8. The number of carbonyl (C=O) groups is 1. The molecule has 1 aliphatic rings. The molecule has 0 spiro atoms. The lowest BCUT2D eigenvalue weighted by Gasteiger charge is -2.10. The average Bonchev–Trinajstić information content (AvgIpc) is 3.45. The minimum Gasteiger partial charge on any atom is -0.381 e. The van der Waals surface area contributed by atoms with E-state index in [9.17, 15) is 18.0 Å². The van der Waals surface area contributed by atoms with Crippen molar-refractivity contribution in [1.29, 1.82) is 0 Å². The Morgan fingerprint density at radius 1 is 1.00 bits per heavy atom. The van der Waals surface area contributed by atoms with Gasteiger partial charge in [0.1, 0.15) is 0 Å². The zero-order valence-electron chi connectivity index (χ0n) is 14.6. The maximum Gasteiger partial charge on any atom is 0.416 e. The SMILES string of the molecule is O=C(CC#CC1CC1)Nc1ccc(NCc2ccc(C(F)(F)F)cc2)cc1. The normalized spacial score (nSPS) is 13.4. The second kappa shape index (κ2) is 8.17. The highest BCUT2D eigenvalue weighted by Gasteiger charge is 2.29. The summed E-state index contributed by atoms with van der Waals surface area (Å²) in [5.74, 6) is 6.26. The summed E-state index contributed by atoms with van der Waals surface area (Å²) in [7, 11) is 0. The van der Waals surface area contributed by atoms with Gasteiger partial charge in [-0.3, -0.25) is 4.79 Å². The van der Waals surface area contributed by atoms with Gasteiger partial charge in [-0.1, -0.05) is 24.0 Å². The fraction of sp³-hybridized carbons (Fsp3) is 0.286. The number of halogens is 3. The summed E-state index contributed by atoms with van der Waals surface area (Å²) < 4.78 is 37.7. The fourth-order valence-corrected chi connectivity index (χ4v) is 2.40. The standard InChI is InChI=1S/C21H19F3N2O/c22-21(23,24)17-8-6-16(7-9-17)14-25-18-10-12-19(13-11-18)26-20(27)3-1-2-15-4-5-15/h6-13,15,25H,3-5,14H2,(H,26,27). The third kappa shape index (κ3) is 6.07. The van der Waals surface area contributed by atoms with Crippen molar-refractivity contribution in [2.45, 2.75) is 32.0 Å². The van der Waals surface area contributed by atoms with Gasteiger partial charge in [0, 0.05) is 23.8 Å². The van der Waals surface area contributed by atoms with Crippen LogP contribution in [0.1, 0.15) is 30.4 Å². The summed E-state index contributed by atoms with van der Waals surface area (Å²) in [6.07, 6.45) is -1.87. The second-order valence-electron chi connectivity index (χ2n) is 6.45. The monoisotopic (exact) mass is 372 g/mol. The van der Waals surface area contributed by atoms with Gasteiger partial charge in [-0.2, -0.15) is 13.2 Å². The molecule has 3 rings (SSSR count). The number of anilines is 2. The molecule has 0 atom stereocenters. The third-order valence-electron chi connectivity index (χ3n) is 4.08. The van der Waals surface area contributed by atoms with Gasteiger partial charge in [0.25, 0.3) is 0 Å². The summed E-state index contributed by atoms with van der Waals surface area (Å²) in [6.45, 7) is 0.403. The Kier molecular flexibility index (Phi) is 5.70. The van der Waals surface area contributed by atoms with Gasteiger partial charge in [-0.25, -0.2) is 0 Å². The number of amides is 1. The van der Waals surface area contributed by atoms with Crippen molar-refractivity contribution in [2.75, 3.05) is 10.6 Å². The van der Waals surface area contributed by atoms with E-state index in [1.165, 1.54) is 12.1 Å². The van der Waals surface area contributed by atoms with E-state index in [0.29, 0.717) is 18.2 Å². The molecule has 2 aromatic rings. The van der Waals surface area contributed by atoms with Crippen LogP contribution in [0.3, 0.4) is 0 Å². The summed E-state index contributed by atoms with van der Waals surface area (Å²) >= 11 is 0. The Balaban J connectivity index is 1.47. The van der Waals surface area contributed by atoms with Crippen molar-refractivity contribution < 1.29 is 18.0 Å². The highest BCUT2D eigenvalue weighted by Crippen LogP contribution is 2.29. The van der Waals surface area contributed by atoms with Gasteiger partial charge in [0.15, 0.2) is 0 Å². The molecule has 0 aromatic heterocycles. The molecule has 0 heterocycles. The van der Waals surface area contributed by atoms with Crippen LogP contribution < -0.4 is 10.6 Å². The minimum absolute atomic E-state index is 0.145. The van der Waals surface area contributed by atoms with Crippen LogP contribution in [0.25, 0.3) is 0 Å². The van der Waals surface area contributed by atoms with Crippen LogP contribution >= 0.6 is 0 Å². The van der Waals surface area contributed by atoms with E-state index < -0.39 is 11.7 Å². The van der Waals surface area contributed by atoms with Crippen LogP contribution in [0, 0.1) is 17.8 Å². The maximum absolute atomic E-state index is 12.6. The fourth-order valence-electron chi connectivity index (χ4n) is 2.40. The molecule has 0 radical (unpaired) electrons. The molecule has 1 fully saturated rings. The molecule has 0 unspecified atom stereocenters. The molecule has 0 bridgehead atoms. The number of alkyl halides is 3. The van der Waals surface area contributed by atoms with Crippen molar-refractivity contribution in [3.8, 4) is 11.8 Å². The third-order valence-corrected chi connectivity index (χ3v) is 4.08.